The molecule has 0 amide bonds. The molecule has 2 aromatic carbocycles. The number of piperidine rings is 1. The fourth-order valence-corrected chi connectivity index (χ4v) is 3.86. The van der Waals surface area contributed by atoms with Gasteiger partial charge < -0.3 is 14.6 Å². The van der Waals surface area contributed by atoms with Crippen LogP contribution in [0.3, 0.4) is 0 Å². The van der Waals surface area contributed by atoms with E-state index in [-0.39, 0.29) is 18.2 Å². The predicted molar refractivity (Wildman–Crippen MR) is 104 cm³/mol. The molecular formula is C23H25NO3. The Morgan fingerprint density at radius 3 is 2.33 bits per heavy atom. The van der Waals surface area contributed by atoms with Crippen LogP contribution in [0.4, 0.5) is 0 Å². The number of hydrogen-bond acceptors (Lipinski definition) is 4. The van der Waals surface area contributed by atoms with Gasteiger partial charge in [-0.05, 0) is 31.5 Å². The van der Waals surface area contributed by atoms with Gasteiger partial charge in [0.25, 0.3) is 0 Å². The fourth-order valence-electron chi connectivity index (χ4n) is 3.86. The monoisotopic (exact) mass is 363 g/mol. The third kappa shape index (κ3) is 4.07. The van der Waals surface area contributed by atoms with E-state index in [1.54, 1.807) is 0 Å². The first-order valence-electron chi connectivity index (χ1n) is 9.40. The van der Waals surface area contributed by atoms with Crippen LogP contribution in [-0.4, -0.2) is 46.7 Å². The largest absolute Gasteiger partial charge is 0.389 e. The Labute approximate surface area is 160 Å². The van der Waals surface area contributed by atoms with E-state index in [4.69, 9.17) is 9.47 Å². The number of rotatable bonds is 2. The molecule has 2 heterocycles. The van der Waals surface area contributed by atoms with Crippen molar-refractivity contribution in [1.82, 2.24) is 4.90 Å². The minimum Gasteiger partial charge on any atom is -0.389 e. The van der Waals surface area contributed by atoms with E-state index in [0.29, 0.717) is 13.1 Å². The summed E-state index contributed by atoms with van der Waals surface area (Å²) in [5, 5.41) is 10.7. The van der Waals surface area contributed by atoms with Crippen LogP contribution < -0.4 is 0 Å². The molecule has 4 heteroatoms. The van der Waals surface area contributed by atoms with E-state index in [1.807, 2.05) is 62.4 Å². The van der Waals surface area contributed by atoms with Gasteiger partial charge in [0, 0.05) is 18.7 Å². The summed E-state index contributed by atoms with van der Waals surface area (Å²) >= 11 is 0. The average molecular weight is 363 g/mol. The van der Waals surface area contributed by atoms with Crippen LogP contribution in [0.15, 0.2) is 60.7 Å². The maximum Gasteiger partial charge on any atom is 0.164 e. The van der Waals surface area contributed by atoms with Gasteiger partial charge in [0.15, 0.2) is 5.79 Å². The fraction of sp³-hybridized carbons (Fsp3) is 0.391. The third-order valence-corrected chi connectivity index (χ3v) is 5.04. The normalized spacial score (nSPS) is 29.6. The Hall–Kier alpha value is -2.16. The molecule has 4 atom stereocenters. The number of fused-ring (bicyclic) bond motifs is 1. The van der Waals surface area contributed by atoms with Crippen molar-refractivity contribution in [3.63, 3.8) is 0 Å². The maximum atomic E-state index is 10.7. The van der Waals surface area contributed by atoms with Gasteiger partial charge in [-0.15, -0.1) is 0 Å². The van der Waals surface area contributed by atoms with Gasteiger partial charge in [-0.1, -0.05) is 60.4 Å². The number of nitrogens with zero attached hydrogens (tertiary/aromatic N) is 1. The number of β-amino-alcohol motifs (C(OH)–C–C–N with tert-alkyl or cyclic N) is 1. The molecule has 27 heavy (non-hydrogen) atoms. The summed E-state index contributed by atoms with van der Waals surface area (Å²) in [5.41, 5.74) is 2.16. The number of aliphatic hydroxyl groups excluding tert-OH is 1. The van der Waals surface area contributed by atoms with Crippen molar-refractivity contribution >= 4 is 0 Å². The highest BCUT2D eigenvalue weighted by atomic mass is 16.8. The summed E-state index contributed by atoms with van der Waals surface area (Å²) < 4.78 is 12.1. The molecule has 2 fully saturated rings. The van der Waals surface area contributed by atoms with Crippen LogP contribution in [0, 0.1) is 11.8 Å². The quantitative estimate of drug-likeness (QED) is 0.833. The number of likely N-dealkylation sites (tertiary alicyclic amines) is 1. The molecule has 2 aromatic rings. The molecule has 0 spiro atoms. The van der Waals surface area contributed by atoms with Crippen LogP contribution in [0.25, 0.3) is 0 Å². The van der Waals surface area contributed by atoms with Crippen LogP contribution in [0.2, 0.25) is 0 Å². The third-order valence-electron chi connectivity index (χ3n) is 5.04. The van der Waals surface area contributed by atoms with Crippen LogP contribution in [0.1, 0.15) is 25.0 Å². The van der Waals surface area contributed by atoms with Crippen molar-refractivity contribution in [2.75, 3.05) is 6.54 Å². The van der Waals surface area contributed by atoms with Crippen molar-refractivity contribution in [3.8, 4) is 11.8 Å². The van der Waals surface area contributed by atoms with Gasteiger partial charge in [-0.3, -0.25) is 4.90 Å². The first-order valence-corrected chi connectivity index (χ1v) is 9.40. The van der Waals surface area contributed by atoms with Gasteiger partial charge in [0.05, 0.1) is 6.10 Å². The molecule has 0 bridgehead atoms. The minimum absolute atomic E-state index is 0.152. The van der Waals surface area contributed by atoms with Crippen molar-refractivity contribution in [2.45, 2.75) is 50.5 Å². The summed E-state index contributed by atoms with van der Waals surface area (Å²) in [7, 11) is 0. The second-order valence-corrected chi connectivity index (χ2v) is 7.63. The predicted octanol–water partition coefficient (Wildman–Crippen LogP) is 2.80. The maximum absolute atomic E-state index is 10.7. The number of hydrogen-bond donors (Lipinski definition) is 1. The molecule has 4 nitrogen and oxygen atoms in total. The smallest absolute Gasteiger partial charge is 0.164 e. The van der Waals surface area contributed by atoms with E-state index in [2.05, 4.69) is 28.9 Å². The zero-order valence-corrected chi connectivity index (χ0v) is 15.7. The number of ether oxygens (including phenoxy) is 2. The molecule has 4 rings (SSSR count). The lowest BCUT2D eigenvalue weighted by Gasteiger charge is -2.41. The highest BCUT2D eigenvalue weighted by molar-refractivity contribution is 5.36. The molecule has 0 radical (unpaired) electrons. The van der Waals surface area contributed by atoms with E-state index < -0.39 is 11.9 Å². The molecule has 2 aliphatic heterocycles. The Morgan fingerprint density at radius 1 is 1.00 bits per heavy atom. The van der Waals surface area contributed by atoms with Crippen LogP contribution in [-0.2, 0) is 16.0 Å². The van der Waals surface area contributed by atoms with Gasteiger partial charge in [0.2, 0.25) is 0 Å². The lowest BCUT2D eigenvalue weighted by molar-refractivity contribution is -0.152. The van der Waals surface area contributed by atoms with E-state index in [1.165, 1.54) is 5.56 Å². The molecule has 2 aliphatic rings. The standard InChI is InChI=1S/C23H25NO3/c1-23(2)26-21-19(14-13-17-9-5-3-6-10-17)24(16-20(25)22(21)27-23)15-18-11-7-4-8-12-18/h3-12,19-22,25H,15-16H2,1-2H3/t19-,20+,21-,22+/m0/s1. The molecule has 0 aliphatic carbocycles. The minimum atomic E-state index is -0.717. The highest BCUT2D eigenvalue weighted by Gasteiger charge is 2.52. The van der Waals surface area contributed by atoms with Gasteiger partial charge >= 0.3 is 0 Å². The van der Waals surface area contributed by atoms with Gasteiger partial charge in [-0.25, -0.2) is 0 Å². The molecule has 0 aromatic heterocycles. The van der Waals surface area contributed by atoms with Crippen molar-refractivity contribution < 1.29 is 14.6 Å². The Balaban J connectivity index is 1.65. The second-order valence-electron chi connectivity index (χ2n) is 7.63. The second kappa shape index (κ2) is 7.46. The van der Waals surface area contributed by atoms with Gasteiger partial charge in [0.1, 0.15) is 18.2 Å². The van der Waals surface area contributed by atoms with E-state index in [0.717, 1.165) is 5.56 Å². The Morgan fingerprint density at radius 2 is 1.63 bits per heavy atom. The Kier molecular flexibility index (Phi) is 5.03. The zero-order chi connectivity index (χ0) is 18.9. The summed E-state index contributed by atoms with van der Waals surface area (Å²) in [4.78, 5) is 2.20. The summed E-state index contributed by atoms with van der Waals surface area (Å²) in [6.45, 7) is 4.99. The summed E-state index contributed by atoms with van der Waals surface area (Å²) in [5.74, 6) is 5.96. The molecular weight excluding hydrogens is 338 g/mol. The number of aliphatic hydroxyl groups is 1. The lowest BCUT2D eigenvalue weighted by atomic mass is 9.93. The summed E-state index contributed by atoms with van der Waals surface area (Å²) in [6, 6.07) is 20.0. The first kappa shape index (κ1) is 18.2. The highest BCUT2D eigenvalue weighted by Crippen LogP contribution is 2.36. The molecule has 140 valence electrons. The van der Waals surface area contributed by atoms with Crippen LogP contribution >= 0.6 is 0 Å². The topological polar surface area (TPSA) is 41.9 Å². The van der Waals surface area contributed by atoms with Crippen LogP contribution in [0.5, 0.6) is 0 Å². The molecule has 0 unspecified atom stereocenters. The molecule has 2 saturated heterocycles. The number of benzene rings is 2. The Bertz CT molecular complexity index is 825. The van der Waals surface area contributed by atoms with Crippen molar-refractivity contribution in [1.29, 1.82) is 0 Å². The first-order chi connectivity index (χ1) is 13.0. The molecule has 0 saturated carbocycles. The van der Waals surface area contributed by atoms with Crippen molar-refractivity contribution in [3.05, 3.63) is 71.8 Å². The van der Waals surface area contributed by atoms with E-state index in [9.17, 15) is 5.11 Å². The SMILES string of the molecule is CC1(C)O[C@@H]2[C@H](O1)[C@H](O)CN(Cc1ccccc1)[C@H]2C#Cc1ccccc1. The summed E-state index contributed by atoms with van der Waals surface area (Å²) in [6.07, 6.45) is -1.25. The lowest BCUT2D eigenvalue weighted by Crippen LogP contribution is -2.59. The van der Waals surface area contributed by atoms with Gasteiger partial charge in [-0.2, -0.15) is 0 Å². The van der Waals surface area contributed by atoms with Crippen molar-refractivity contribution in [2.24, 2.45) is 0 Å². The zero-order valence-electron chi connectivity index (χ0n) is 15.7. The van der Waals surface area contributed by atoms with E-state index >= 15 is 0 Å². The molecule has 1 N–H and O–H groups in total. The average Bonchev–Trinajstić information content (AvgIpc) is 2.99.